The fraction of sp³-hybridized carbons (Fsp3) is 0.0476. The molecule has 6 aromatic carbocycles. The molecule has 10 rings (SSSR count). The number of thiophene rings is 1. The van der Waals surface area contributed by atoms with Crippen LogP contribution in [0.25, 0.3) is 71.1 Å². The molecule has 9 aromatic rings. The molecule has 1 aliphatic carbocycles. The number of benzene rings is 6. The molecule has 0 aliphatic heterocycles. The fourth-order valence-corrected chi connectivity index (χ4v) is 9.26. The van der Waals surface area contributed by atoms with E-state index in [4.69, 9.17) is 9.97 Å². The van der Waals surface area contributed by atoms with E-state index in [0.29, 0.717) is 5.95 Å². The molecule has 0 saturated heterocycles. The van der Waals surface area contributed by atoms with Crippen molar-refractivity contribution >= 4 is 54.1 Å². The van der Waals surface area contributed by atoms with Gasteiger partial charge in [-0.2, -0.15) is 0 Å². The van der Waals surface area contributed by atoms with Crippen molar-refractivity contribution in [1.82, 2.24) is 14.5 Å². The van der Waals surface area contributed by atoms with Crippen molar-refractivity contribution in [2.45, 2.75) is 12.3 Å². The zero-order chi connectivity index (χ0) is 30.4. The third-order valence-electron chi connectivity index (χ3n) is 9.87. The van der Waals surface area contributed by atoms with Gasteiger partial charge in [-0.15, -0.1) is 11.3 Å². The van der Waals surface area contributed by atoms with E-state index in [1.807, 2.05) is 11.3 Å². The van der Waals surface area contributed by atoms with Crippen molar-refractivity contribution in [2.24, 2.45) is 0 Å². The van der Waals surface area contributed by atoms with Crippen LogP contribution in [-0.4, -0.2) is 14.5 Å². The molecule has 4 heteroatoms. The smallest absolute Gasteiger partial charge is 0.235 e. The Kier molecular flexibility index (Phi) is 5.29. The molecule has 3 nitrogen and oxygen atoms in total. The van der Waals surface area contributed by atoms with E-state index in [-0.39, 0.29) is 5.41 Å². The fourth-order valence-electron chi connectivity index (χ4n) is 7.73. The number of hydrogen-bond donors (Lipinski definition) is 0. The van der Waals surface area contributed by atoms with Gasteiger partial charge >= 0.3 is 0 Å². The zero-order valence-electron chi connectivity index (χ0n) is 25.1. The Morgan fingerprint density at radius 2 is 1.26 bits per heavy atom. The minimum Gasteiger partial charge on any atom is -0.276 e. The molecule has 3 heterocycles. The van der Waals surface area contributed by atoms with Crippen molar-refractivity contribution in [1.29, 1.82) is 0 Å². The molecule has 1 unspecified atom stereocenters. The minimum absolute atomic E-state index is 0.250. The highest BCUT2D eigenvalue weighted by Crippen LogP contribution is 2.59. The monoisotopic (exact) mass is 605 g/mol. The predicted molar refractivity (Wildman–Crippen MR) is 192 cm³/mol. The van der Waals surface area contributed by atoms with Gasteiger partial charge in [-0.3, -0.25) is 4.57 Å². The topological polar surface area (TPSA) is 30.7 Å². The van der Waals surface area contributed by atoms with Crippen molar-refractivity contribution in [3.63, 3.8) is 0 Å². The van der Waals surface area contributed by atoms with Crippen molar-refractivity contribution in [2.75, 3.05) is 0 Å². The molecule has 0 bridgehead atoms. The summed E-state index contributed by atoms with van der Waals surface area (Å²) in [5.74, 6) is 0.691. The molecule has 0 fully saturated rings. The molecule has 1 atom stereocenters. The summed E-state index contributed by atoms with van der Waals surface area (Å²) in [7, 11) is 0. The van der Waals surface area contributed by atoms with Gasteiger partial charge in [0.25, 0.3) is 0 Å². The number of hydrogen-bond acceptors (Lipinski definition) is 3. The van der Waals surface area contributed by atoms with E-state index >= 15 is 0 Å². The van der Waals surface area contributed by atoms with Gasteiger partial charge in [0.1, 0.15) is 0 Å². The first kappa shape index (κ1) is 25.7. The molecule has 0 amide bonds. The van der Waals surface area contributed by atoms with Gasteiger partial charge in [0.2, 0.25) is 5.95 Å². The van der Waals surface area contributed by atoms with Crippen LogP contribution in [0.1, 0.15) is 22.9 Å². The Hall–Kier alpha value is -5.58. The van der Waals surface area contributed by atoms with Crippen molar-refractivity contribution < 1.29 is 0 Å². The van der Waals surface area contributed by atoms with Gasteiger partial charge in [0, 0.05) is 37.5 Å². The van der Waals surface area contributed by atoms with Crippen LogP contribution in [-0.2, 0) is 5.41 Å². The summed E-state index contributed by atoms with van der Waals surface area (Å²) in [6.07, 6.45) is 0. The average molecular weight is 606 g/mol. The Bertz CT molecular complexity index is 2650. The Balaban J connectivity index is 1.35. The summed E-state index contributed by atoms with van der Waals surface area (Å²) in [5.41, 5.74) is 10.3. The van der Waals surface area contributed by atoms with E-state index in [1.54, 1.807) is 0 Å². The summed E-state index contributed by atoms with van der Waals surface area (Å²) in [6.45, 7) is 2.40. The van der Waals surface area contributed by atoms with Crippen molar-refractivity contribution in [3.8, 4) is 28.3 Å². The maximum atomic E-state index is 5.35. The molecular formula is C42H27N3S. The highest BCUT2D eigenvalue weighted by atomic mass is 32.1. The first-order valence-electron chi connectivity index (χ1n) is 15.7. The lowest BCUT2D eigenvalue weighted by molar-refractivity contribution is 0.729. The predicted octanol–water partition coefficient (Wildman–Crippen LogP) is 10.9. The number of aromatic nitrogens is 3. The van der Waals surface area contributed by atoms with E-state index < -0.39 is 0 Å². The number of rotatable bonds is 3. The van der Waals surface area contributed by atoms with Gasteiger partial charge < -0.3 is 0 Å². The molecule has 3 aromatic heterocycles. The van der Waals surface area contributed by atoms with Gasteiger partial charge in [0.05, 0.1) is 32.4 Å². The van der Waals surface area contributed by atoms with Crippen LogP contribution < -0.4 is 0 Å². The van der Waals surface area contributed by atoms with Gasteiger partial charge in [-0.1, -0.05) is 133 Å². The molecule has 216 valence electrons. The maximum Gasteiger partial charge on any atom is 0.235 e. The molecule has 0 N–H and O–H groups in total. The lowest BCUT2D eigenvalue weighted by Gasteiger charge is -2.27. The first-order chi connectivity index (χ1) is 22.7. The molecule has 1 aliphatic rings. The normalized spacial score (nSPS) is 15.6. The number of fused-ring (bicyclic) bond motifs is 10. The van der Waals surface area contributed by atoms with Crippen LogP contribution in [0.4, 0.5) is 0 Å². The second-order valence-corrected chi connectivity index (χ2v) is 13.3. The molecule has 46 heavy (non-hydrogen) atoms. The number of para-hydroxylation sites is 2. The molecule has 0 saturated carbocycles. The first-order valence-corrected chi connectivity index (χ1v) is 16.5. The Morgan fingerprint density at radius 1 is 0.587 bits per heavy atom. The minimum atomic E-state index is -0.250. The molecule has 0 spiro atoms. The highest BCUT2D eigenvalue weighted by Gasteiger charge is 2.43. The van der Waals surface area contributed by atoms with Crippen LogP contribution in [0.2, 0.25) is 0 Å². The standard InChI is InChI=1S/C42H27N3S/c1-42(27-16-6-3-7-17-27)33-21-11-8-19-30(33)36-32-25-24-29-28-18-10-13-23-35(28)45(38(29)39(32)46-40(36)42)41-43-34-22-12-9-20-31(34)37(44-41)26-14-4-2-5-15-26/h2-25H,1H3. The summed E-state index contributed by atoms with van der Waals surface area (Å²) < 4.78 is 3.58. The van der Waals surface area contributed by atoms with Crippen molar-refractivity contribution in [3.05, 3.63) is 162 Å². The van der Waals surface area contributed by atoms with E-state index in [0.717, 1.165) is 27.7 Å². The van der Waals surface area contributed by atoms with Crippen LogP contribution in [0, 0.1) is 0 Å². The third-order valence-corrected chi connectivity index (χ3v) is 11.3. The second kappa shape index (κ2) is 9.46. The van der Waals surface area contributed by atoms with Crippen LogP contribution in [0.15, 0.2) is 146 Å². The van der Waals surface area contributed by atoms with Crippen LogP contribution >= 0.6 is 11.3 Å². The lowest BCUT2D eigenvalue weighted by atomic mass is 9.78. The lowest BCUT2D eigenvalue weighted by Crippen LogP contribution is -2.21. The number of nitrogens with zero attached hydrogens (tertiary/aromatic N) is 3. The third kappa shape index (κ3) is 3.37. The van der Waals surface area contributed by atoms with Gasteiger partial charge in [-0.05, 0) is 35.7 Å². The molecular weight excluding hydrogens is 579 g/mol. The Labute approximate surface area is 270 Å². The highest BCUT2D eigenvalue weighted by molar-refractivity contribution is 7.21. The van der Waals surface area contributed by atoms with Gasteiger partial charge in [-0.25, -0.2) is 9.97 Å². The zero-order valence-corrected chi connectivity index (χ0v) is 25.9. The summed E-state index contributed by atoms with van der Waals surface area (Å²) in [4.78, 5) is 12.0. The van der Waals surface area contributed by atoms with E-state index in [1.165, 1.54) is 53.5 Å². The van der Waals surface area contributed by atoms with Gasteiger partial charge in [0.15, 0.2) is 0 Å². The van der Waals surface area contributed by atoms with Crippen LogP contribution in [0.3, 0.4) is 0 Å². The summed E-state index contributed by atoms with van der Waals surface area (Å²) >= 11 is 1.93. The Morgan fingerprint density at radius 3 is 2.11 bits per heavy atom. The average Bonchev–Trinajstić information content (AvgIpc) is 3.76. The van der Waals surface area contributed by atoms with E-state index in [2.05, 4.69) is 157 Å². The SMILES string of the molecule is CC1(c2ccccc2)c2ccccc2-c2c1sc1c2ccc2c3ccccc3n(-c3nc(-c4ccccc4)c4ccccc4n3)c21. The van der Waals surface area contributed by atoms with Crippen LogP contribution in [0.5, 0.6) is 0 Å². The molecule has 0 radical (unpaired) electrons. The summed E-state index contributed by atoms with van der Waals surface area (Å²) in [5, 5.41) is 4.76. The van der Waals surface area contributed by atoms with E-state index in [9.17, 15) is 0 Å². The second-order valence-electron chi connectivity index (χ2n) is 12.3. The largest absolute Gasteiger partial charge is 0.276 e. The quantitative estimate of drug-likeness (QED) is 0.201. The summed E-state index contributed by atoms with van der Waals surface area (Å²) in [6, 6.07) is 52.1. The maximum absolute atomic E-state index is 5.35.